The van der Waals surface area contributed by atoms with E-state index in [1.54, 1.807) is 0 Å². The summed E-state index contributed by atoms with van der Waals surface area (Å²) < 4.78 is 39.8. The molecule has 0 aromatic heterocycles. The lowest BCUT2D eigenvalue weighted by Crippen LogP contribution is -2.19. The number of benzene rings is 1. The summed E-state index contributed by atoms with van der Waals surface area (Å²) in [6.07, 6.45) is -4.64. The first-order valence-corrected chi connectivity index (χ1v) is 4.32. The molecule has 0 fully saturated rings. The van der Waals surface area contributed by atoms with Gasteiger partial charge in [0.2, 0.25) is 0 Å². The molecule has 0 radical (unpaired) electrons. The molecule has 0 aliphatic carbocycles. The molecule has 0 saturated heterocycles. The lowest BCUT2D eigenvalue weighted by Gasteiger charge is -2.08. The Balaban J connectivity index is 3.04. The van der Waals surface area contributed by atoms with Crippen LogP contribution in [0.3, 0.4) is 0 Å². The summed E-state index contributed by atoms with van der Waals surface area (Å²) in [6, 6.07) is 1.98. The number of nitro groups is 2. The molecule has 18 heavy (non-hydrogen) atoms. The van der Waals surface area contributed by atoms with E-state index in [1.807, 2.05) is 0 Å². The number of rotatable bonds is 4. The Hall–Kier alpha value is -2.39. The van der Waals surface area contributed by atoms with Crippen LogP contribution in [0.4, 0.5) is 24.5 Å². The minimum absolute atomic E-state index is 0.590. The fraction of sp³-hybridized carbons (Fsp3) is 0.250. The lowest BCUT2D eigenvalue weighted by molar-refractivity contribution is -0.394. The highest BCUT2D eigenvalue weighted by Gasteiger charge is 2.29. The van der Waals surface area contributed by atoms with Gasteiger partial charge in [-0.1, -0.05) is 0 Å². The third-order valence-electron chi connectivity index (χ3n) is 1.70. The second-order valence-corrected chi connectivity index (χ2v) is 3.10. The number of nitro benzene ring substituents is 2. The molecule has 98 valence electrons. The molecule has 0 spiro atoms. The van der Waals surface area contributed by atoms with Crippen LogP contribution in [0.2, 0.25) is 0 Å². The van der Waals surface area contributed by atoms with Crippen molar-refractivity contribution in [1.82, 2.24) is 0 Å². The van der Waals surface area contributed by atoms with Crippen molar-refractivity contribution in [3.05, 3.63) is 38.4 Å². The molecule has 1 aromatic rings. The van der Waals surface area contributed by atoms with Crippen LogP contribution in [0.25, 0.3) is 0 Å². The summed E-state index contributed by atoms with van der Waals surface area (Å²) in [5.41, 5.74) is -1.44. The first kappa shape index (κ1) is 13.7. The third kappa shape index (κ3) is 3.88. The molecule has 0 bridgehead atoms. The summed E-state index contributed by atoms with van der Waals surface area (Å²) in [5, 5.41) is 20.9. The standard InChI is InChI=1S/C8H5F3N2O5/c9-8(10,11)4-18-7-2-5(12(14)15)1-6(3-7)13(16)17/h1-3H,4H2. The van der Waals surface area contributed by atoms with Crippen LogP contribution >= 0.6 is 0 Å². The van der Waals surface area contributed by atoms with Gasteiger partial charge in [0.05, 0.1) is 28.0 Å². The smallest absolute Gasteiger partial charge is 0.422 e. The number of nitrogens with zero attached hydrogens (tertiary/aromatic N) is 2. The van der Waals surface area contributed by atoms with E-state index in [0.717, 1.165) is 0 Å². The van der Waals surface area contributed by atoms with Crippen molar-refractivity contribution in [3.63, 3.8) is 0 Å². The predicted octanol–water partition coefficient (Wildman–Crippen LogP) is 2.44. The van der Waals surface area contributed by atoms with Gasteiger partial charge in [0, 0.05) is 0 Å². The second-order valence-electron chi connectivity index (χ2n) is 3.10. The maximum Gasteiger partial charge on any atom is 0.422 e. The SMILES string of the molecule is O=[N+]([O-])c1cc(OCC(F)(F)F)cc([N+](=O)[O-])c1. The first-order valence-electron chi connectivity index (χ1n) is 4.32. The number of alkyl halides is 3. The third-order valence-corrected chi connectivity index (χ3v) is 1.70. The normalized spacial score (nSPS) is 11.1. The van der Waals surface area contributed by atoms with Crippen molar-refractivity contribution < 1.29 is 27.8 Å². The quantitative estimate of drug-likeness (QED) is 0.616. The van der Waals surface area contributed by atoms with Crippen LogP contribution in [-0.4, -0.2) is 22.6 Å². The van der Waals surface area contributed by atoms with E-state index in [9.17, 15) is 33.4 Å². The first-order chi connectivity index (χ1) is 8.19. The van der Waals surface area contributed by atoms with Gasteiger partial charge in [0.15, 0.2) is 6.61 Å². The average Bonchev–Trinajstić information content (AvgIpc) is 2.25. The van der Waals surface area contributed by atoms with E-state index in [4.69, 9.17) is 0 Å². The second kappa shape index (κ2) is 4.85. The van der Waals surface area contributed by atoms with E-state index < -0.39 is 39.8 Å². The van der Waals surface area contributed by atoms with Gasteiger partial charge in [0.1, 0.15) is 5.75 Å². The van der Waals surface area contributed by atoms with Gasteiger partial charge in [-0.05, 0) is 0 Å². The predicted molar refractivity (Wildman–Crippen MR) is 51.3 cm³/mol. The maximum atomic E-state index is 11.9. The highest BCUT2D eigenvalue weighted by molar-refractivity contribution is 5.49. The fourth-order valence-electron chi connectivity index (χ4n) is 1.03. The largest absolute Gasteiger partial charge is 0.484 e. The number of hydrogen-bond donors (Lipinski definition) is 0. The lowest BCUT2D eigenvalue weighted by atomic mass is 10.2. The molecule has 1 rings (SSSR count). The summed E-state index contributed by atoms with van der Waals surface area (Å²) in [6.45, 7) is -1.69. The van der Waals surface area contributed by atoms with Gasteiger partial charge in [-0.15, -0.1) is 0 Å². The zero-order valence-electron chi connectivity index (χ0n) is 8.51. The van der Waals surface area contributed by atoms with Gasteiger partial charge >= 0.3 is 6.18 Å². The van der Waals surface area contributed by atoms with Crippen LogP contribution in [0.1, 0.15) is 0 Å². The fourth-order valence-corrected chi connectivity index (χ4v) is 1.03. The highest BCUT2D eigenvalue weighted by Crippen LogP contribution is 2.28. The van der Waals surface area contributed by atoms with E-state index >= 15 is 0 Å². The molecule has 0 aliphatic rings. The molecule has 0 N–H and O–H groups in total. The molecule has 0 atom stereocenters. The van der Waals surface area contributed by atoms with Crippen molar-refractivity contribution in [1.29, 1.82) is 0 Å². The van der Waals surface area contributed by atoms with Gasteiger partial charge in [0.25, 0.3) is 11.4 Å². The Morgan fingerprint density at radius 1 is 1.06 bits per heavy atom. The number of non-ortho nitro benzene ring substituents is 2. The van der Waals surface area contributed by atoms with Crippen LogP contribution in [0.5, 0.6) is 5.75 Å². The van der Waals surface area contributed by atoms with E-state index in [1.165, 1.54) is 0 Å². The molecule has 0 unspecified atom stereocenters. The zero-order valence-corrected chi connectivity index (χ0v) is 8.51. The molecule has 10 heteroatoms. The van der Waals surface area contributed by atoms with Crippen LogP contribution in [-0.2, 0) is 0 Å². The molecule has 0 aliphatic heterocycles. The molecular formula is C8H5F3N2O5. The minimum Gasteiger partial charge on any atom is -0.484 e. The van der Waals surface area contributed by atoms with Crippen molar-refractivity contribution in [2.45, 2.75) is 6.18 Å². The molecule has 0 amide bonds. The highest BCUT2D eigenvalue weighted by atomic mass is 19.4. The van der Waals surface area contributed by atoms with Crippen LogP contribution < -0.4 is 4.74 Å². The number of halogens is 3. The Bertz CT molecular complexity index is 456. The van der Waals surface area contributed by atoms with Crippen molar-refractivity contribution in [3.8, 4) is 5.75 Å². The average molecular weight is 266 g/mol. The maximum absolute atomic E-state index is 11.9. The van der Waals surface area contributed by atoms with Gasteiger partial charge < -0.3 is 4.74 Å². The van der Waals surface area contributed by atoms with Crippen LogP contribution in [0.15, 0.2) is 18.2 Å². The van der Waals surface area contributed by atoms with Crippen molar-refractivity contribution >= 4 is 11.4 Å². The van der Waals surface area contributed by atoms with Crippen molar-refractivity contribution in [2.75, 3.05) is 6.61 Å². The van der Waals surface area contributed by atoms with E-state index in [2.05, 4.69) is 4.74 Å². The van der Waals surface area contributed by atoms with Gasteiger partial charge in [-0.2, -0.15) is 13.2 Å². The molecular weight excluding hydrogens is 261 g/mol. The molecule has 7 nitrogen and oxygen atoms in total. The molecule has 0 heterocycles. The molecule has 0 saturated carbocycles. The Morgan fingerprint density at radius 2 is 1.50 bits per heavy atom. The Morgan fingerprint density at radius 3 is 1.83 bits per heavy atom. The van der Waals surface area contributed by atoms with E-state index in [0.29, 0.717) is 18.2 Å². The Kier molecular flexibility index (Phi) is 3.69. The minimum atomic E-state index is -4.64. The van der Waals surface area contributed by atoms with Crippen LogP contribution in [0, 0.1) is 20.2 Å². The van der Waals surface area contributed by atoms with Gasteiger partial charge in [-0.3, -0.25) is 20.2 Å². The number of hydrogen-bond acceptors (Lipinski definition) is 5. The zero-order chi connectivity index (χ0) is 13.9. The van der Waals surface area contributed by atoms with Crippen molar-refractivity contribution in [2.24, 2.45) is 0 Å². The summed E-state index contributed by atoms with van der Waals surface area (Å²) >= 11 is 0. The monoisotopic (exact) mass is 266 g/mol. The van der Waals surface area contributed by atoms with E-state index in [-0.39, 0.29) is 0 Å². The topological polar surface area (TPSA) is 95.5 Å². The molecule has 1 aromatic carbocycles. The summed E-state index contributed by atoms with van der Waals surface area (Å²) in [4.78, 5) is 18.9. The summed E-state index contributed by atoms with van der Waals surface area (Å²) in [5.74, 6) is -0.590. The summed E-state index contributed by atoms with van der Waals surface area (Å²) in [7, 11) is 0. The van der Waals surface area contributed by atoms with Gasteiger partial charge in [-0.25, -0.2) is 0 Å². The Labute approximate surface area is 97.1 Å². The number of ether oxygens (including phenoxy) is 1.